The van der Waals surface area contributed by atoms with E-state index in [9.17, 15) is 27.2 Å². The zero-order chi connectivity index (χ0) is 20.5. The molecule has 3 aromatic rings. The van der Waals surface area contributed by atoms with Crippen LogP contribution in [0.5, 0.6) is 0 Å². The summed E-state index contributed by atoms with van der Waals surface area (Å²) >= 11 is 0. The minimum atomic E-state index is -3.88. The van der Waals surface area contributed by atoms with E-state index >= 15 is 0 Å². The summed E-state index contributed by atoms with van der Waals surface area (Å²) in [7, 11) is -3.88. The molecular weight excluding hydrogens is 391 g/mol. The Balaban J connectivity index is 1.95. The summed E-state index contributed by atoms with van der Waals surface area (Å²) in [5, 5.41) is 7.41. The maximum atomic E-state index is 13.1. The van der Waals surface area contributed by atoms with Gasteiger partial charge in [-0.1, -0.05) is 0 Å². The molecule has 4 N–H and O–H groups in total. The zero-order valence-corrected chi connectivity index (χ0v) is 14.9. The number of H-pyrrole nitrogens is 1. The number of carbonyl (C=O) groups excluding carboxylic acids is 1. The number of hydrogen-bond donors (Lipinski definition) is 3. The maximum absolute atomic E-state index is 13.1. The van der Waals surface area contributed by atoms with E-state index in [4.69, 9.17) is 5.14 Å². The lowest BCUT2D eigenvalue weighted by molar-refractivity contribution is 0.102. The van der Waals surface area contributed by atoms with E-state index < -0.39 is 33.0 Å². The number of rotatable bonds is 4. The summed E-state index contributed by atoms with van der Waals surface area (Å²) < 4.78 is 36.3. The molecule has 0 unspecified atom stereocenters. The molecule has 0 saturated carbocycles. The summed E-state index contributed by atoms with van der Waals surface area (Å²) in [6.45, 7) is 0. The topological polar surface area (TPSA) is 144 Å². The molecule has 0 atom stereocenters. The third-order valence-electron chi connectivity index (χ3n) is 3.75. The Bertz CT molecular complexity index is 1260. The normalized spacial score (nSPS) is 11.2. The van der Waals surface area contributed by atoms with Crippen LogP contribution in [-0.2, 0) is 10.0 Å². The van der Waals surface area contributed by atoms with Crippen molar-refractivity contribution in [2.24, 2.45) is 5.14 Å². The second-order valence-corrected chi connectivity index (χ2v) is 7.21. The van der Waals surface area contributed by atoms with Gasteiger partial charge < -0.3 is 10.3 Å². The molecule has 9 nitrogen and oxygen atoms in total. The summed E-state index contributed by atoms with van der Waals surface area (Å²) in [5.41, 5.74) is -1.80. The minimum Gasteiger partial charge on any atom is -0.322 e. The van der Waals surface area contributed by atoms with Gasteiger partial charge in [-0.3, -0.25) is 9.59 Å². The second kappa shape index (κ2) is 7.21. The smallest absolute Gasteiger partial charge is 0.322 e. The van der Waals surface area contributed by atoms with Crippen molar-refractivity contribution in [1.82, 2.24) is 9.55 Å². The van der Waals surface area contributed by atoms with E-state index in [1.807, 2.05) is 0 Å². The highest BCUT2D eigenvalue weighted by Crippen LogP contribution is 2.13. The SMILES string of the molecule is NS(=O)(=O)c1ccc(NC(=O)c2c[nH]c(=O)n(-c3ccc(F)cc3)c2=O)cc1. The Morgan fingerprint density at radius 1 is 1.04 bits per heavy atom. The van der Waals surface area contributed by atoms with Crippen LogP contribution in [0.25, 0.3) is 5.69 Å². The van der Waals surface area contributed by atoms with Gasteiger partial charge in [-0.25, -0.2) is 27.3 Å². The Labute approximate surface area is 157 Å². The third kappa shape index (κ3) is 3.89. The highest BCUT2D eigenvalue weighted by Gasteiger charge is 2.16. The Morgan fingerprint density at radius 3 is 2.21 bits per heavy atom. The van der Waals surface area contributed by atoms with E-state index in [2.05, 4.69) is 10.3 Å². The Morgan fingerprint density at radius 2 is 1.64 bits per heavy atom. The molecule has 0 aliphatic carbocycles. The van der Waals surface area contributed by atoms with Gasteiger partial charge in [0.15, 0.2) is 0 Å². The summed E-state index contributed by atoms with van der Waals surface area (Å²) in [5.74, 6) is -1.38. The molecule has 0 aliphatic heterocycles. The van der Waals surface area contributed by atoms with Crippen LogP contribution in [0.4, 0.5) is 10.1 Å². The van der Waals surface area contributed by atoms with Crippen LogP contribution in [-0.4, -0.2) is 23.9 Å². The molecule has 28 heavy (non-hydrogen) atoms. The lowest BCUT2D eigenvalue weighted by atomic mass is 10.2. The van der Waals surface area contributed by atoms with Crippen molar-refractivity contribution in [2.45, 2.75) is 4.90 Å². The number of primary sulfonamides is 1. The molecule has 0 aliphatic rings. The molecule has 1 heterocycles. The predicted molar refractivity (Wildman–Crippen MR) is 98.4 cm³/mol. The number of hydrogen-bond acceptors (Lipinski definition) is 5. The number of halogens is 1. The first-order chi connectivity index (χ1) is 13.2. The van der Waals surface area contributed by atoms with E-state index in [1.165, 1.54) is 36.4 Å². The van der Waals surface area contributed by atoms with Gasteiger partial charge in [-0.15, -0.1) is 0 Å². The summed E-state index contributed by atoms with van der Waals surface area (Å²) in [4.78, 5) is 39.1. The highest BCUT2D eigenvalue weighted by atomic mass is 32.2. The fourth-order valence-corrected chi connectivity index (χ4v) is 2.90. The zero-order valence-electron chi connectivity index (χ0n) is 14.0. The van der Waals surface area contributed by atoms with E-state index in [1.54, 1.807) is 0 Å². The van der Waals surface area contributed by atoms with Gasteiger partial charge >= 0.3 is 5.69 Å². The van der Waals surface area contributed by atoms with Crippen molar-refractivity contribution in [3.05, 3.63) is 86.9 Å². The summed E-state index contributed by atoms with van der Waals surface area (Å²) in [6, 6.07) is 9.55. The fraction of sp³-hybridized carbons (Fsp3) is 0. The van der Waals surface area contributed by atoms with Gasteiger partial charge in [-0.05, 0) is 48.5 Å². The Kier molecular flexibility index (Phi) is 4.94. The molecule has 144 valence electrons. The number of benzene rings is 2. The quantitative estimate of drug-likeness (QED) is 0.582. The van der Waals surface area contributed by atoms with Crippen molar-refractivity contribution in [2.75, 3.05) is 5.32 Å². The first-order valence-corrected chi connectivity index (χ1v) is 9.26. The van der Waals surface area contributed by atoms with Crippen molar-refractivity contribution in [1.29, 1.82) is 0 Å². The molecule has 0 spiro atoms. The second-order valence-electron chi connectivity index (χ2n) is 5.65. The van der Waals surface area contributed by atoms with Crippen LogP contribution in [0.3, 0.4) is 0 Å². The average molecular weight is 404 g/mol. The number of sulfonamides is 1. The van der Waals surface area contributed by atoms with E-state index in [-0.39, 0.29) is 21.8 Å². The standard InChI is InChI=1S/C17H13FN4O5S/c18-10-1-5-12(6-2-10)22-16(24)14(9-20-17(22)25)15(23)21-11-3-7-13(8-4-11)28(19,26)27/h1-9H,(H,20,25)(H,21,23)(H2,19,26,27). The first kappa shape index (κ1) is 19.2. The molecule has 3 rings (SSSR count). The van der Waals surface area contributed by atoms with Gasteiger partial charge in [0.25, 0.3) is 11.5 Å². The number of anilines is 1. The lowest BCUT2D eigenvalue weighted by Crippen LogP contribution is -2.38. The molecule has 0 radical (unpaired) electrons. The monoisotopic (exact) mass is 404 g/mol. The van der Waals surface area contributed by atoms with Crippen LogP contribution in [0, 0.1) is 5.82 Å². The largest absolute Gasteiger partial charge is 0.333 e. The lowest BCUT2D eigenvalue weighted by Gasteiger charge is -2.08. The molecule has 1 aromatic heterocycles. The number of nitrogens with one attached hydrogen (secondary N) is 2. The molecular formula is C17H13FN4O5S. The number of aromatic nitrogens is 2. The number of nitrogens with two attached hydrogens (primary N) is 1. The highest BCUT2D eigenvalue weighted by molar-refractivity contribution is 7.89. The van der Waals surface area contributed by atoms with E-state index in [0.29, 0.717) is 4.57 Å². The van der Waals surface area contributed by atoms with Crippen molar-refractivity contribution < 1.29 is 17.6 Å². The number of carbonyl (C=O) groups is 1. The van der Waals surface area contributed by atoms with Crippen molar-refractivity contribution in [3.8, 4) is 5.69 Å². The molecule has 0 saturated heterocycles. The average Bonchev–Trinajstić information content (AvgIpc) is 2.63. The van der Waals surface area contributed by atoms with Crippen LogP contribution in [0.1, 0.15) is 10.4 Å². The van der Waals surface area contributed by atoms with Gasteiger partial charge in [0.05, 0.1) is 10.6 Å². The molecule has 11 heteroatoms. The van der Waals surface area contributed by atoms with Crippen molar-refractivity contribution >= 4 is 21.6 Å². The number of aromatic amines is 1. The molecule has 1 amide bonds. The van der Waals surface area contributed by atoms with Crippen LogP contribution in [0.15, 0.2) is 69.2 Å². The van der Waals surface area contributed by atoms with Gasteiger partial charge in [-0.2, -0.15) is 0 Å². The number of amides is 1. The minimum absolute atomic E-state index is 0.0832. The fourth-order valence-electron chi connectivity index (χ4n) is 2.39. The number of nitrogens with zero attached hydrogens (tertiary/aromatic N) is 1. The van der Waals surface area contributed by atoms with Gasteiger partial charge in [0.1, 0.15) is 11.4 Å². The first-order valence-electron chi connectivity index (χ1n) is 7.72. The van der Waals surface area contributed by atoms with Crippen molar-refractivity contribution in [3.63, 3.8) is 0 Å². The Hall–Kier alpha value is -3.57. The van der Waals surface area contributed by atoms with Gasteiger partial charge in [0.2, 0.25) is 10.0 Å². The van der Waals surface area contributed by atoms with Crippen LogP contribution in [0.2, 0.25) is 0 Å². The third-order valence-corrected chi connectivity index (χ3v) is 4.68. The summed E-state index contributed by atoms with van der Waals surface area (Å²) in [6.07, 6.45) is 0.957. The van der Waals surface area contributed by atoms with Crippen LogP contribution < -0.4 is 21.7 Å². The molecule has 0 bridgehead atoms. The van der Waals surface area contributed by atoms with Gasteiger partial charge in [0, 0.05) is 11.9 Å². The van der Waals surface area contributed by atoms with E-state index in [0.717, 1.165) is 18.3 Å². The molecule has 0 fully saturated rings. The maximum Gasteiger partial charge on any atom is 0.333 e. The van der Waals surface area contributed by atoms with Crippen LogP contribution >= 0.6 is 0 Å². The predicted octanol–water partition coefficient (Wildman–Crippen LogP) is 0.565. The molecule has 2 aromatic carbocycles.